The number of anilines is 1. The molecule has 156 valence electrons. The predicted molar refractivity (Wildman–Crippen MR) is 128 cm³/mol. The van der Waals surface area contributed by atoms with Crippen LogP contribution in [0.5, 0.6) is 0 Å². The fourth-order valence-electron chi connectivity index (χ4n) is 3.70. The van der Waals surface area contributed by atoms with Crippen molar-refractivity contribution in [2.24, 2.45) is 5.73 Å². The highest BCUT2D eigenvalue weighted by atomic mass is 15.0. The minimum absolute atomic E-state index is 0.414. The van der Waals surface area contributed by atoms with Crippen molar-refractivity contribution in [3.8, 4) is 22.5 Å². The quantitative estimate of drug-likeness (QED) is 0.411. The minimum Gasteiger partial charge on any atom is -0.364 e. The Bertz CT molecular complexity index is 1350. The molecule has 0 amide bonds. The lowest BCUT2D eigenvalue weighted by atomic mass is 10.0. The van der Waals surface area contributed by atoms with Crippen LogP contribution in [0.3, 0.4) is 0 Å². The summed E-state index contributed by atoms with van der Waals surface area (Å²) in [5, 5.41) is 4.47. The first kappa shape index (κ1) is 19.8. The maximum atomic E-state index is 5.81. The topological polar surface area (TPSA) is 89.6 Å². The molecule has 0 saturated carbocycles. The monoisotopic (exact) mass is 418 g/mol. The van der Waals surface area contributed by atoms with E-state index in [0.29, 0.717) is 18.9 Å². The van der Waals surface area contributed by atoms with Gasteiger partial charge in [-0.15, -0.1) is 0 Å². The van der Waals surface area contributed by atoms with Crippen molar-refractivity contribution < 1.29 is 0 Å². The summed E-state index contributed by atoms with van der Waals surface area (Å²) in [6.45, 7) is 0.966. The molecule has 6 heteroatoms. The van der Waals surface area contributed by atoms with Crippen LogP contribution in [-0.4, -0.2) is 19.9 Å². The number of fused-ring (bicyclic) bond motifs is 1. The zero-order valence-corrected chi connectivity index (χ0v) is 17.4. The number of hydrogen-bond donors (Lipinski definition) is 2. The number of pyridine rings is 2. The van der Waals surface area contributed by atoms with Crippen LogP contribution in [0.1, 0.15) is 11.3 Å². The summed E-state index contributed by atoms with van der Waals surface area (Å²) in [7, 11) is 0. The van der Waals surface area contributed by atoms with E-state index < -0.39 is 0 Å². The van der Waals surface area contributed by atoms with E-state index in [1.165, 1.54) is 0 Å². The van der Waals surface area contributed by atoms with Crippen LogP contribution in [0.25, 0.3) is 33.4 Å². The second-order valence-electron chi connectivity index (χ2n) is 7.42. The molecule has 0 saturated heterocycles. The van der Waals surface area contributed by atoms with Gasteiger partial charge in [-0.05, 0) is 41.0 Å². The van der Waals surface area contributed by atoms with Crippen LogP contribution in [0.15, 0.2) is 91.4 Å². The van der Waals surface area contributed by atoms with E-state index in [-0.39, 0.29) is 0 Å². The molecule has 0 unspecified atom stereocenters. The third-order valence-corrected chi connectivity index (χ3v) is 5.26. The summed E-state index contributed by atoms with van der Waals surface area (Å²) in [4.78, 5) is 18.5. The lowest BCUT2D eigenvalue weighted by Crippen LogP contribution is -2.06. The van der Waals surface area contributed by atoms with Crippen molar-refractivity contribution in [3.05, 3.63) is 103 Å². The van der Waals surface area contributed by atoms with Crippen LogP contribution in [-0.2, 0) is 13.1 Å². The van der Waals surface area contributed by atoms with Crippen LogP contribution in [0.4, 0.5) is 5.82 Å². The number of hydrogen-bond acceptors (Lipinski definition) is 6. The van der Waals surface area contributed by atoms with Crippen LogP contribution in [0.2, 0.25) is 0 Å². The maximum absolute atomic E-state index is 5.81. The van der Waals surface area contributed by atoms with E-state index in [9.17, 15) is 0 Å². The van der Waals surface area contributed by atoms with Gasteiger partial charge >= 0.3 is 0 Å². The van der Waals surface area contributed by atoms with Crippen molar-refractivity contribution in [1.82, 2.24) is 19.9 Å². The molecular formula is C26H22N6. The first-order valence-electron chi connectivity index (χ1n) is 10.5. The smallest absolute Gasteiger partial charge is 0.163 e. The maximum Gasteiger partial charge on any atom is 0.163 e. The summed E-state index contributed by atoms with van der Waals surface area (Å²) < 4.78 is 0. The van der Waals surface area contributed by atoms with Crippen LogP contribution < -0.4 is 11.1 Å². The fraction of sp³-hybridized carbons (Fsp3) is 0.0769. The van der Waals surface area contributed by atoms with Crippen molar-refractivity contribution in [1.29, 1.82) is 0 Å². The first-order valence-corrected chi connectivity index (χ1v) is 10.5. The third kappa shape index (κ3) is 4.04. The van der Waals surface area contributed by atoms with E-state index in [1.54, 1.807) is 18.6 Å². The average molecular weight is 419 g/mol. The van der Waals surface area contributed by atoms with Gasteiger partial charge in [0.05, 0.1) is 23.1 Å². The fourth-order valence-corrected chi connectivity index (χ4v) is 3.70. The molecule has 2 aromatic carbocycles. The number of rotatable bonds is 6. The van der Waals surface area contributed by atoms with E-state index in [4.69, 9.17) is 15.7 Å². The molecule has 0 bridgehead atoms. The van der Waals surface area contributed by atoms with Crippen molar-refractivity contribution in [3.63, 3.8) is 0 Å². The van der Waals surface area contributed by atoms with Gasteiger partial charge in [0, 0.05) is 30.7 Å². The highest BCUT2D eigenvalue weighted by Gasteiger charge is 2.14. The van der Waals surface area contributed by atoms with E-state index in [1.807, 2.05) is 54.6 Å². The summed E-state index contributed by atoms with van der Waals surface area (Å²) in [5.74, 6) is 1.36. The molecule has 0 radical (unpaired) electrons. The van der Waals surface area contributed by atoms with Gasteiger partial charge in [0.2, 0.25) is 0 Å². The standard InChI is InChI=1S/C26H22N6/c27-14-18-13-20(16-28-15-18)25-31-23-11-6-10-22(19-7-2-1-3-8-19)24(23)26(32-25)30-17-21-9-4-5-12-29-21/h1-13,15-16H,14,17,27H2,(H,30,31,32). The molecular weight excluding hydrogens is 396 g/mol. The number of nitrogens with two attached hydrogens (primary N) is 1. The van der Waals surface area contributed by atoms with E-state index in [2.05, 4.69) is 33.5 Å². The van der Waals surface area contributed by atoms with Gasteiger partial charge in [-0.25, -0.2) is 9.97 Å². The predicted octanol–water partition coefficient (Wildman–Crippen LogP) is 4.82. The van der Waals surface area contributed by atoms with Gasteiger partial charge < -0.3 is 11.1 Å². The van der Waals surface area contributed by atoms with E-state index in [0.717, 1.165) is 44.7 Å². The van der Waals surface area contributed by atoms with Crippen LogP contribution in [0, 0.1) is 0 Å². The minimum atomic E-state index is 0.414. The Balaban J connectivity index is 1.68. The Morgan fingerprint density at radius 2 is 1.69 bits per heavy atom. The molecule has 0 aliphatic heterocycles. The molecule has 0 aliphatic rings. The van der Waals surface area contributed by atoms with Crippen molar-refractivity contribution >= 4 is 16.7 Å². The highest BCUT2D eigenvalue weighted by Crippen LogP contribution is 2.34. The molecule has 0 spiro atoms. The van der Waals surface area contributed by atoms with Gasteiger partial charge in [0.15, 0.2) is 5.82 Å². The summed E-state index contributed by atoms with van der Waals surface area (Å²) in [5.41, 5.74) is 11.6. The van der Waals surface area contributed by atoms with Gasteiger partial charge in [0.1, 0.15) is 5.82 Å². The zero-order valence-electron chi connectivity index (χ0n) is 17.4. The van der Waals surface area contributed by atoms with E-state index >= 15 is 0 Å². The lowest BCUT2D eigenvalue weighted by molar-refractivity contribution is 1.03. The number of nitrogens with zero attached hydrogens (tertiary/aromatic N) is 4. The summed E-state index contributed by atoms with van der Waals surface area (Å²) in [6, 6.07) is 24.3. The molecule has 3 heterocycles. The number of nitrogens with one attached hydrogen (secondary N) is 1. The molecule has 0 atom stereocenters. The van der Waals surface area contributed by atoms with Gasteiger partial charge in [-0.3, -0.25) is 9.97 Å². The normalized spacial score (nSPS) is 10.9. The highest BCUT2D eigenvalue weighted by molar-refractivity contribution is 6.02. The molecule has 6 nitrogen and oxygen atoms in total. The average Bonchev–Trinajstić information content (AvgIpc) is 2.88. The molecule has 3 aromatic heterocycles. The van der Waals surface area contributed by atoms with Crippen molar-refractivity contribution in [2.45, 2.75) is 13.1 Å². The first-order chi connectivity index (χ1) is 15.8. The van der Waals surface area contributed by atoms with Gasteiger partial charge in [-0.1, -0.05) is 48.5 Å². The number of aromatic nitrogens is 4. The van der Waals surface area contributed by atoms with Crippen LogP contribution >= 0.6 is 0 Å². The Hall–Kier alpha value is -4.16. The molecule has 5 rings (SSSR count). The Kier molecular flexibility index (Phi) is 5.51. The second-order valence-corrected chi connectivity index (χ2v) is 7.42. The molecule has 3 N–H and O–H groups in total. The van der Waals surface area contributed by atoms with Gasteiger partial charge in [0.25, 0.3) is 0 Å². The molecule has 32 heavy (non-hydrogen) atoms. The largest absolute Gasteiger partial charge is 0.364 e. The molecule has 0 aliphatic carbocycles. The third-order valence-electron chi connectivity index (χ3n) is 5.26. The summed E-state index contributed by atoms with van der Waals surface area (Å²) >= 11 is 0. The summed E-state index contributed by atoms with van der Waals surface area (Å²) in [6.07, 6.45) is 5.32. The Morgan fingerprint density at radius 1 is 0.812 bits per heavy atom. The van der Waals surface area contributed by atoms with Gasteiger partial charge in [-0.2, -0.15) is 0 Å². The van der Waals surface area contributed by atoms with Crippen molar-refractivity contribution in [2.75, 3.05) is 5.32 Å². The Morgan fingerprint density at radius 3 is 2.50 bits per heavy atom. The second kappa shape index (κ2) is 8.91. The SMILES string of the molecule is NCc1cncc(-c2nc(NCc3ccccn3)c3c(-c4ccccc4)cccc3n2)c1. The Labute approximate surface area is 186 Å². The zero-order chi connectivity index (χ0) is 21.8. The number of benzene rings is 2. The lowest BCUT2D eigenvalue weighted by Gasteiger charge is -2.14. The molecule has 5 aromatic rings. The molecule has 0 fully saturated rings.